The fraction of sp³-hybridized carbons (Fsp3) is 0.316. The number of carbonyl (C=O) groups is 2. The van der Waals surface area contributed by atoms with Crippen molar-refractivity contribution in [2.75, 3.05) is 10.6 Å². The minimum atomic E-state index is -0.261. The molecule has 0 spiro atoms. The second kappa shape index (κ2) is 7.34. The van der Waals surface area contributed by atoms with Crippen LogP contribution in [0.5, 0.6) is 0 Å². The molecule has 6 nitrogen and oxygen atoms in total. The van der Waals surface area contributed by atoms with E-state index in [1.54, 1.807) is 36.4 Å². The predicted octanol–water partition coefficient (Wildman–Crippen LogP) is 3.05. The molecule has 0 atom stereocenters. The smallest absolute Gasteiger partial charge is 0.257 e. The van der Waals surface area contributed by atoms with Crippen molar-refractivity contribution in [3.8, 4) is 0 Å². The third kappa shape index (κ3) is 4.79. The average Bonchev–Trinajstić information content (AvgIpc) is 3.39. The summed E-state index contributed by atoms with van der Waals surface area (Å²) in [5.74, 6) is 0.359. The van der Waals surface area contributed by atoms with Gasteiger partial charge in [0.2, 0.25) is 0 Å². The normalized spacial score (nSPS) is 13.4. The van der Waals surface area contributed by atoms with Crippen LogP contribution in [-0.4, -0.2) is 28.9 Å². The second-order valence-corrected chi connectivity index (χ2v) is 6.51. The maximum absolute atomic E-state index is 12.3. The van der Waals surface area contributed by atoms with Crippen molar-refractivity contribution in [3.05, 3.63) is 53.7 Å². The van der Waals surface area contributed by atoms with Gasteiger partial charge in [0, 0.05) is 29.5 Å². The lowest BCUT2D eigenvalue weighted by Crippen LogP contribution is -2.25. The van der Waals surface area contributed by atoms with Gasteiger partial charge in [-0.1, -0.05) is 6.07 Å². The first kappa shape index (κ1) is 17.0. The minimum Gasteiger partial charge on any atom is -0.368 e. The van der Waals surface area contributed by atoms with Crippen LogP contribution in [-0.2, 0) is 0 Å². The lowest BCUT2D eigenvalue weighted by Gasteiger charge is -2.10. The van der Waals surface area contributed by atoms with Crippen LogP contribution in [0.2, 0.25) is 0 Å². The van der Waals surface area contributed by atoms with Gasteiger partial charge in [-0.2, -0.15) is 0 Å². The molecule has 1 aromatic carbocycles. The lowest BCUT2D eigenvalue weighted by atomic mass is 10.1. The number of nitrogens with one attached hydrogen (secondary N) is 3. The minimum absolute atomic E-state index is 0.107. The summed E-state index contributed by atoms with van der Waals surface area (Å²) in [5, 5.41) is 8.91. The lowest BCUT2D eigenvalue weighted by molar-refractivity contribution is 0.0949. The maximum atomic E-state index is 12.3. The Morgan fingerprint density at radius 3 is 2.52 bits per heavy atom. The first-order valence-corrected chi connectivity index (χ1v) is 8.46. The molecule has 1 aliphatic carbocycles. The Labute approximate surface area is 147 Å². The number of hydrogen-bond donors (Lipinski definition) is 3. The number of pyridine rings is 1. The highest BCUT2D eigenvalue weighted by Crippen LogP contribution is 2.20. The Kier molecular flexibility index (Phi) is 4.97. The highest BCUT2D eigenvalue weighted by Gasteiger charge is 2.23. The highest BCUT2D eigenvalue weighted by atomic mass is 16.2. The first-order valence-electron chi connectivity index (χ1n) is 8.46. The molecule has 1 fully saturated rings. The standard InChI is InChI=1S/C19H22N4O2/c1-12(2)21-17-9-6-14(11-20-17)19(25)23-16-5-3-4-13(10-16)18(24)22-15-7-8-15/h3-6,9-12,15H,7-8H2,1-2H3,(H,20,21)(H,22,24)(H,23,25). The van der Waals surface area contributed by atoms with Crippen molar-refractivity contribution in [3.63, 3.8) is 0 Å². The Morgan fingerprint density at radius 2 is 1.88 bits per heavy atom. The molecule has 3 rings (SSSR count). The van der Waals surface area contributed by atoms with E-state index in [1.165, 1.54) is 6.20 Å². The van der Waals surface area contributed by atoms with Gasteiger partial charge in [0.05, 0.1) is 5.56 Å². The molecule has 1 aliphatic rings. The monoisotopic (exact) mass is 338 g/mol. The third-order valence-corrected chi connectivity index (χ3v) is 3.76. The Bertz CT molecular complexity index is 767. The van der Waals surface area contributed by atoms with Crippen LogP contribution < -0.4 is 16.0 Å². The van der Waals surface area contributed by atoms with E-state index in [4.69, 9.17) is 0 Å². The molecule has 6 heteroatoms. The van der Waals surface area contributed by atoms with Crippen molar-refractivity contribution in [2.24, 2.45) is 0 Å². The Hall–Kier alpha value is -2.89. The molecule has 25 heavy (non-hydrogen) atoms. The molecule has 3 N–H and O–H groups in total. The summed E-state index contributed by atoms with van der Waals surface area (Å²) >= 11 is 0. The molecular weight excluding hydrogens is 316 g/mol. The third-order valence-electron chi connectivity index (χ3n) is 3.76. The van der Waals surface area contributed by atoms with Crippen molar-refractivity contribution in [1.29, 1.82) is 0 Å². The molecule has 0 radical (unpaired) electrons. The molecule has 1 aromatic heterocycles. The summed E-state index contributed by atoms with van der Waals surface area (Å²) in [5.41, 5.74) is 1.58. The zero-order valence-electron chi connectivity index (χ0n) is 14.4. The van der Waals surface area contributed by atoms with Gasteiger partial charge >= 0.3 is 0 Å². The summed E-state index contributed by atoms with van der Waals surface area (Å²) in [6.45, 7) is 4.04. The molecule has 0 saturated heterocycles. The second-order valence-electron chi connectivity index (χ2n) is 6.51. The number of nitrogens with zero attached hydrogens (tertiary/aromatic N) is 1. The van der Waals surface area contributed by atoms with E-state index >= 15 is 0 Å². The summed E-state index contributed by atoms with van der Waals surface area (Å²) < 4.78 is 0. The van der Waals surface area contributed by atoms with Gasteiger partial charge in [0.15, 0.2) is 0 Å². The zero-order chi connectivity index (χ0) is 17.8. The van der Waals surface area contributed by atoms with Crippen LogP contribution in [0.3, 0.4) is 0 Å². The van der Waals surface area contributed by atoms with Crippen LogP contribution in [0.1, 0.15) is 47.4 Å². The molecule has 0 aliphatic heterocycles. The van der Waals surface area contributed by atoms with Crippen LogP contribution >= 0.6 is 0 Å². The van der Waals surface area contributed by atoms with Gasteiger partial charge in [-0.25, -0.2) is 4.98 Å². The number of anilines is 2. The van der Waals surface area contributed by atoms with E-state index in [0.29, 0.717) is 22.9 Å². The van der Waals surface area contributed by atoms with Gasteiger partial charge in [-0.05, 0) is 57.0 Å². The summed E-state index contributed by atoms with van der Waals surface area (Å²) in [4.78, 5) is 28.7. The van der Waals surface area contributed by atoms with Crippen LogP contribution in [0.15, 0.2) is 42.6 Å². The number of carbonyl (C=O) groups excluding carboxylic acids is 2. The number of rotatable bonds is 6. The number of benzene rings is 1. The molecule has 130 valence electrons. The molecule has 1 heterocycles. The van der Waals surface area contributed by atoms with Crippen LogP contribution in [0.25, 0.3) is 0 Å². The fourth-order valence-corrected chi connectivity index (χ4v) is 2.35. The maximum Gasteiger partial charge on any atom is 0.257 e. The topological polar surface area (TPSA) is 83.1 Å². The SMILES string of the molecule is CC(C)Nc1ccc(C(=O)Nc2cccc(C(=O)NC3CC3)c2)cn1. The van der Waals surface area contributed by atoms with Gasteiger partial charge in [0.1, 0.15) is 5.82 Å². The number of amides is 2. The first-order chi connectivity index (χ1) is 12.0. The van der Waals surface area contributed by atoms with Crippen molar-refractivity contribution < 1.29 is 9.59 Å². The van der Waals surface area contributed by atoms with Crippen LogP contribution in [0.4, 0.5) is 11.5 Å². The zero-order valence-corrected chi connectivity index (χ0v) is 14.4. The van der Waals surface area contributed by atoms with E-state index in [0.717, 1.165) is 18.7 Å². The van der Waals surface area contributed by atoms with E-state index in [1.807, 2.05) is 13.8 Å². The van der Waals surface area contributed by atoms with Gasteiger partial charge in [-0.15, -0.1) is 0 Å². The van der Waals surface area contributed by atoms with Crippen molar-refractivity contribution in [1.82, 2.24) is 10.3 Å². The average molecular weight is 338 g/mol. The molecule has 0 unspecified atom stereocenters. The van der Waals surface area contributed by atoms with E-state index in [-0.39, 0.29) is 17.9 Å². The molecule has 2 aromatic rings. The van der Waals surface area contributed by atoms with Gasteiger partial charge in [0.25, 0.3) is 11.8 Å². The molecular formula is C19H22N4O2. The quantitative estimate of drug-likeness (QED) is 0.756. The fourth-order valence-electron chi connectivity index (χ4n) is 2.35. The number of hydrogen-bond acceptors (Lipinski definition) is 4. The van der Waals surface area contributed by atoms with Gasteiger partial charge < -0.3 is 16.0 Å². The summed E-state index contributed by atoms with van der Waals surface area (Å²) in [7, 11) is 0. The molecule has 2 amide bonds. The predicted molar refractivity (Wildman–Crippen MR) is 97.9 cm³/mol. The Balaban J connectivity index is 1.64. The summed E-state index contributed by atoms with van der Waals surface area (Å²) in [6.07, 6.45) is 3.61. The Morgan fingerprint density at radius 1 is 1.08 bits per heavy atom. The van der Waals surface area contributed by atoms with E-state index < -0.39 is 0 Å². The van der Waals surface area contributed by atoms with E-state index in [2.05, 4.69) is 20.9 Å². The van der Waals surface area contributed by atoms with E-state index in [9.17, 15) is 9.59 Å². The van der Waals surface area contributed by atoms with Crippen LogP contribution in [0, 0.1) is 0 Å². The largest absolute Gasteiger partial charge is 0.368 e. The van der Waals surface area contributed by atoms with Crippen molar-refractivity contribution in [2.45, 2.75) is 38.8 Å². The van der Waals surface area contributed by atoms with Gasteiger partial charge in [-0.3, -0.25) is 9.59 Å². The molecule has 0 bridgehead atoms. The summed E-state index contributed by atoms with van der Waals surface area (Å²) in [6, 6.07) is 11.0. The number of aromatic nitrogens is 1. The highest BCUT2D eigenvalue weighted by molar-refractivity contribution is 6.05. The molecule has 1 saturated carbocycles. The van der Waals surface area contributed by atoms with Crippen molar-refractivity contribution >= 4 is 23.3 Å².